The Kier molecular flexibility index (Phi) is 5.93. The van der Waals surface area contributed by atoms with Crippen LogP contribution in [-0.2, 0) is 11.8 Å². The number of rotatable bonds is 7. The first-order chi connectivity index (χ1) is 11.0. The normalized spacial score (nSPS) is 10.8. The van der Waals surface area contributed by atoms with Gasteiger partial charge < -0.3 is 10.1 Å². The molecule has 1 N–H and O–H groups in total. The zero-order valence-corrected chi connectivity index (χ0v) is 14.3. The fourth-order valence-electron chi connectivity index (χ4n) is 2.41. The summed E-state index contributed by atoms with van der Waals surface area (Å²) in [6.45, 7) is 5.53. The van der Waals surface area contributed by atoms with Gasteiger partial charge in [0.25, 0.3) is 5.91 Å². The first kappa shape index (κ1) is 17.2. The highest BCUT2D eigenvalue weighted by molar-refractivity contribution is 5.93. The molecule has 0 bridgehead atoms. The van der Waals surface area contributed by atoms with Gasteiger partial charge in [0.1, 0.15) is 0 Å². The van der Waals surface area contributed by atoms with E-state index in [9.17, 15) is 4.79 Å². The molecule has 0 aliphatic heterocycles. The van der Waals surface area contributed by atoms with E-state index in [4.69, 9.17) is 4.74 Å². The summed E-state index contributed by atoms with van der Waals surface area (Å²) < 4.78 is 6.75. The van der Waals surface area contributed by atoms with E-state index in [-0.39, 0.29) is 5.91 Å². The Balaban J connectivity index is 2.05. The Morgan fingerprint density at radius 1 is 1.22 bits per heavy atom. The molecule has 0 saturated carbocycles. The van der Waals surface area contributed by atoms with Gasteiger partial charge in [0.15, 0.2) is 5.69 Å². The molecule has 0 spiro atoms. The van der Waals surface area contributed by atoms with E-state index in [1.54, 1.807) is 11.8 Å². The van der Waals surface area contributed by atoms with Gasteiger partial charge in [0.2, 0.25) is 0 Å². The highest BCUT2D eigenvalue weighted by Gasteiger charge is 2.13. The number of unbranched alkanes of at least 4 members (excludes halogenated alkanes) is 1. The molecule has 0 saturated heterocycles. The number of ether oxygens (including phenoxy) is 1. The first-order valence-corrected chi connectivity index (χ1v) is 7.91. The fraction of sp³-hybridized carbons (Fsp3) is 0.444. The van der Waals surface area contributed by atoms with Crippen molar-refractivity contribution in [3.63, 3.8) is 0 Å². The van der Waals surface area contributed by atoms with Gasteiger partial charge in [-0.25, -0.2) is 0 Å². The quantitative estimate of drug-likeness (QED) is 0.799. The van der Waals surface area contributed by atoms with Crippen LogP contribution in [0.2, 0.25) is 0 Å². The lowest BCUT2D eigenvalue weighted by atomic mass is 10.0. The van der Waals surface area contributed by atoms with Crippen LogP contribution in [-0.4, -0.2) is 35.9 Å². The van der Waals surface area contributed by atoms with Crippen LogP contribution < -0.4 is 5.32 Å². The molecular weight excluding hydrogens is 290 g/mol. The van der Waals surface area contributed by atoms with Gasteiger partial charge in [0.05, 0.1) is 5.69 Å². The molecule has 0 aliphatic carbocycles. The van der Waals surface area contributed by atoms with Crippen molar-refractivity contribution < 1.29 is 9.53 Å². The van der Waals surface area contributed by atoms with E-state index in [2.05, 4.69) is 42.5 Å². The van der Waals surface area contributed by atoms with Crippen molar-refractivity contribution >= 4 is 5.91 Å². The summed E-state index contributed by atoms with van der Waals surface area (Å²) in [4.78, 5) is 12.2. The second-order valence-electron chi connectivity index (χ2n) is 5.79. The molecule has 5 nitrogen and oxygen atoms in total. The minimum atomic E-state index is -0.131. The zero-order valence-electron chi connectivity index (χ0n) is 14.3. The molecule has 1 heterocycles. The van der Waals surface area contributed by atoms with Crippen molar-refractivity contribution in [3.8, 4) is 11.3 Å². The molecule has 0 unspecified atom stereocenters. The summed E-state index contributed by atoms with van der Waals surface area (Å²) in [6, 6.07) is 8.12. The first-order valence-electron chi connectivity index (χ1n) is 7.91. The maximum Gasteiger partial charge on any atom is 0.271 e. The van der Waals surface area contributed by atoms with Crippen molar-refractivity contribution in [3.05, 3.63) is 41.1 Å². The maximum atomic E-state index is 12.2. The van der Waals surface area contributed by atoms with Crippen LogP contribution >= 0.6 is 0 Å². The zero-order chi connectivity index (χ0) is 16.8. The Morgan fingerprint density at radius 3 is 2.70 bits per heavy atom. The van der Waals surface area contributed by atoms with Crippen molar-refractivity contribution in [2.45, 2.75) is 26.7 Å². The number of hydrogen-bond acceptors (Lipinski definition) is 3. The van der Waals surface area contributed by atoms with E-state index in [1.165, 1.54) is 11.1 Å². The summed E-state index contributed by atoms with van der Waals surface area (Å²) in [5.41, 5.74) is 4.95. The molecule has 0 aliphatic rings. The number of benzene rings is 1. The summed E-state index contributed by atoms with van der Waals surface area (Å²) in [5, 5.41) is 7.23. The standard InChI is InChI=1S/C18H25N3O2/c1-13-7-8-15(11-14(13)2)17-12-16(20-21(17)3)18(22)19-9-5-6-10-23-4/h7-8,11-12H,5-6,9-10H2,1-4H3,(H,19,22). The lowest BCUT2D eigenvalue weighted by Gasteiger charge is -2.05. The predicted molar refractivity (Wildman–Crippen MR) is 91.6 cm³/mol. The number of aromatic nitrogens is 2. The van der Waals surface area contributed by atoms with E-state index in [1.807, 2.05) is 13.1 Å². The number of carbonyl (C=O) groups is 1. The fourth-order valence-corrected chi connectivity index (χ4v) is 2.41. The summed E-state index contributed by atoms with van der Waals surface area (Å²) >= 11 is 0. The van der Waals surface area contributed by atoms with Gasteiger partial charge in [0, 0.05) is 32.9 Å². The third kappa shape index (κ3) is 4.42. The summed E-state index contributed by atoms with van der Waals surface area (Å²) in [6.07, 6.45) is 1.84. The average Bonchev–Trinajstić information content (AvgIpc) is 2.92. The third-order valence-electron chi connectivity index (χ3n) is 3.98. The van der Waals surface area contributed by atoms with Gasteiger partial charge in [-0.3, -0.25) is 9.48 Å². The number of nitrogens with one attached hydrogen (secondary N) is 1. The molecular formula is C18H25N3O2. The van der Waals surface area contributed by atoms with Gasteiger partial charge >= 0.3 is 0 Å². The number of carbonyl (C=O) groups excluding carboxylic acids is 1. The number of methoxy groups -OCH3 is 1. The summed E-state index contributed by atoms with van der Waals surface area (Å²) in [5.74, 6) is -0.131. The van der Waals surface area contributed by atoms with Crippen molar-refractivity contribution in [1.82, 2.24) is 15.1 Å². The van der Waals surface area contributed by atoms with Gasteiger partial charge in [-0.15, -0.1) is 0 Å². The van der Waals surface area contributed by atoms with Gasteiger partial charge in [-0.05, 0) is 49.9 Å². The van der Waals surface area contributed by atoms with Crippen LogP contribution in [0, 0.1) is 13.8 Å². The lowest BCUT2D eigenvalue weighted by Crippen LogP contribution is -2.25. The van der Waals surface area contributed by atoms with Crippen molar-refractivity contribution in [2.75, 3.05) is 20.3 Å². The van der Waals surface area contributed by atoms with Gasteiger partial charge in [-0.1, -0.05) is 12.1 Å². The van der Waals surface area contributed by atoms with Crippen LogP contribution in [0.15, 0.2) is 24.3 Å². The van der Waals surface area contributed by atoms with Gasteiger partial charge in [-0.2, -0.15) is 5.10 Å². The molecule has 5 heteroatoms. The Labute approximate surface area is 137 Å². The molecule has 1 aromatic heterocycles. The molecule has 23 heavy (non-hydrogen) atoms. The topological polar surface area (TPSA) is 56.1 Å². The number of hydrogen-bond donors (Lipinski definition) is 1. The number of aryl methyl sites for hydroxylation is 3. The second-order valence-corrected chi connectivity index (χ2v) is 5.79. The SMILES string of the molecule is COCCCCNC(=O)c1cc(-c2ccc(C)c(C)c2)n(C)n1. The van der Waals surface area contributed by atoms with E-state index < -0.39 is 0 Å². The maximum absolute atomic E-state index is 12.2. The van der Waals surface area contributed by atoms with Crippen molar-refractivity contribution in [1.29, 1.82) is 0 Å². The molecule has 1 amide bonds. The van der Waals surface area contributed by atoms with Crippen molar-refractivity contribution in [2.24, 2.45) is 7.05 Å². The lowest BCUT2D eigenvalue weighted by molar-refractivity contribution is 0.0945. The Hall–Kier alpha value is -2.14. The molecule has 0 radical (unpaired) electrons. The highest BCUT2D eigenvalue weighted by atomic mass is 16.5. The molecule has 0 atom stereocenters. The molecule has 2 rings (SSSR count). The third-order valence-corrected chi connectivity index (χ3v) is 3.98. The van der Waals surface area contributed by atoms with Crippen LogP contribution in [0.3, 0.4) is 0 Å². The molecule has 1 aromatic carbocycles. The van der Waals surface area contributed by atoms with E-state index in [0.29, 0.717) is 12.2 Å². The largest absolute Gasteiger partial charge is 0.385 e. The molecule has 0 fully saturated rings. The Bertz CT molecular complexity index is 677. The smallest absolute Gasteiger partial charge is 0.271 e. The van der Waals surface area contributed by atoms with Crippen LogP contribution in [0.25, 0.3) is 11.3 Å². The number of amides is 1. The predicted octanol–water partition coefficient (Wildman–Crippen LogP) is 2.86. The van der Waals surface area contributed by atoms with Crippen LogP contribution in [0.4, 0.5) is 0 Å². The Morgan fingerprint density at radius 2 is 2.00 bits per heavy atom. The molecule has 2 aromatic rings. The minimum absolute atomic E-state index is 0.131. The highest BCUT2D eigenvalue weighted by Crippen LogP contribution is 2.22. The van der Waals surface area contributed by atoms with Crippen LogP contribution in [0.5, 0.6) is 0 Å². The molecule has 124 valence electrons. The number of nitrogens with zero attached hydrogens (tertiary/aromatic N) is 2. The second kappa shape index (κ2) is 7.92. The monoisotopic (exact) mass is 315 g/mol. The minimum Gasteiger partial charge on any atom is -0.385 e. The van der Waals surface area contributed by atoms with E-state index in [0.717, 1.165) is 30.7 Å². The summed E-state index contributed by atoms with van der Waals surface area (Å²) in [7, 11) is 3.54. The van der Waals surface area contributed by atoms with Crippen LogP contribution in [0.1, 0.15) is 34.5 Å². The average molecular weight is 315 g/mol. The van der Waals surface area contributed by atoms with E-state index >= 15 is 0 Å².